The molecule has 1 radical (unpaired) electrons. The minimum absolute atomic E-state index is 0.634. The highest BCUT2D eigenvalue weighted by Gasteiger charge is 2.36. The number of rotatable bonds is 8. The molecule has 4 nitrogen and oxygen atoms in total. The van der Waals surface area contributed by atoms with Gasteiger partial charge in [-0.2, -0.15) is 0 Å². The number of hydrogen-bond acceptors (Lipinski definition) is 4. The van der Waals surface area contributed by atoms with Crippen molar-refractivity contribution in [1.82, 2.24) is 0 Å². The lowest BCUT2D eigenvalue weighted by Crippen LogP contribution is -2.42. The van der Waals surface area contributed by atoms with Gasteiger partial charge in [0.1, 0.15) is 0 Å². The van der Waals surface area contributed by atoms with Gasteiger partial charge in [0.15, 0.2) is 0 Å². The highest BCUT2D eigenvalue weighted by Crippen LogP contribution is 2.16. The summed E-state index contributed by atoms with van der Waals surface area (Å²) in [5.74, 6) is 0. The van der Waals surface area contributed by atoms with Crippen LogP contribution in [-0.4, -0.2) is 36.4 Å². The summed E-state index contributed by atoms with van der Waals surface area (Å²) in [7, 11) is 2.36. The van der Waals surface area contributed by atoms with E-state index < -0.39 is 8.80 Å². The van der Waals surface area contributed by atoms with Gasteiger partial charge >= 0.3 is 8.80 Å². The summed E-state index contributed by atoms with van der Waals surface area (Å²) in [5, 5.41) is 0. The second-order valence-electron chi connectivity index (χ2n) is 3.18. The van der Waals surface area contributed by atoms with Crippen LogP contribution in [0, 0.1) is 0 Å². The molecule has 0 rings (SSSR count). The lowest BCUT2D eigenvalue weighted by Gasteiger charge is -2.23. The molecule has 0 heterocycles. The zero-order chi connectivity index (χ0) is 11.7. The van der Waals surface area contributed by atoms with Crippen molar-refractivity contribution >= 4 is 15.1 Å². The SMILES string of the molecule is CO[Si](CCC/C=C(\C)[C]=O)(OC)OC. The van der Waals surface area contributed by atoms with Crippen LogP contribution < -0.4 is 0 Å². The third-order valence-corrected chi connectivity index (χ3v) is 5.06. The smallest absolute Gasteiger partial charge is 0.377 e. The highest BCUT2D eigenvalue weighted by atomic mass is 28.4. The van der Waals surface area contributed by atoms with Crippen LogP contribution >= 0.6 is 0 Å². The monoisotopic (exact) mass is 231 g/mol. The zero-order valence-electron chi connectivity index (χ0n) is 9.83. The predicted molar refractivity (Wildman–Crippen MR) is 60.3 cm³/mol. The average molecular weight is 231 g/mol. The first kappa shape index (κ1) is 14.5. The van der Waals surface area contributed by atoms with E-state index in [1.807, 2.05) is 12.4 Å². The van der Waals surface area contributed by atoms with Crippen molar-refractivity contribution < 1.29 is 18.1 Å². The summed E-state index contributed by atoms with van der Waals surface area (Å²) in [6.07, 6.45) is 5.37. The molecule has 87 valence electrons. The van der Waals surface area contributed by atoms with E-state index in [9.17, 15) is 4.79 Å². The lowest BCUT2D eigenvalue weighted by molar-refractivity contribution is 0.123. The van der Waals surface area contributed by atoms with Crippen molar-refractivity contribution in [2.75, 3.05) is 21.3 Å². The second-order valence-corrected chi connectivity index (χ2v) is 6.27. The first-order valence-electron chi connectivity index (χ1n) is 4.84. The molecule has 0 aromatic rings. The molecular weight excluding hydrogens is 212 g/mol. The molecule has 0 aliphatic heterocycles. The third-order valence-electron chi connectivity index (χ3n) is 2.23. The van der Waals surface area contributed by atoms with Gasteiger partial charge in [-0.15, -0.1) is 0 Å². The molecule has 15 heavy (non-hydrogen) atoms. The van der Waals surface area contributed by atoms with E-state index in [-0.39, 0.29) is 0 Å². The molecule has 0 amide bonds. The Labute approximate surface area is 92.6 Å². The van der Waals surface area contributed by atoms with Crippen LogP contribution in [0.1, 0.15) is 19.8 Å². The predicted octanol–water partition coefficient (Wildman–Crippen LogP) is 1.70. The fourth-order valence-electron chi connectivity index (χ4n) is 1.23. The molecule has 0 aliphatic carbocycles. The lowest BCUT2D eigenvalue weighted by atomic mass is 10.2. The summed E-state index contributed by atoms with van der Waals surface area (Å²) >= 11 is 0. The molecule has 0 N–H and O–H groups in total. The number of allylic oxidation sites excluding steroid dienone is 2. The molecule has 0 aromatic carbocycles. The van der Waals surface area contributed by atoms with Gasteiger partial charge < -0.3 is 13.3 Å². The Morgan fingerprint density at radius 1 is 1.27 bits per heavy atom. The molecule has 5 heteroatoms. The Hall–Kier alpha value is -0.493. The maximum absolute atomic E-state index is 10.2. The van der Waals surface area contributed by atoms with Crippen molar-refractivity contribution in [2.45, 2.75) is 25.8 Å². The second kappa shape index (κ2) is 7.75. The Kier molecular flexibility index (Phi) is 7.50. The van der Waals surface area contributed by atoms with Gasteiger partial charge in [-0.05, 0) is 25.3 Å². The maximum Gasteiger partial charge on any atom is 0.500 e. The van der Waals surface area contributed by atoms with E-state index in [1.165, 1.54) is 0 Å². The van der Waals surface area contributed by atoms with E-state index in [0.717, 1.165) is 18.9 Å². The summed E-state index contributed by atoms with van der Waals surface area (Å²) in [6, 6.07) is 0.749. The largest absolute Gasteiger partial charge is 0.500 e. The van der Waals surface area contributed by atoms with Gasteiger partial charge in [-0.1, -0.05) is 6.08 Å². The highest BCUT2D eigenvalue weighted by molar-refractivity contribution is 6.60. The molecule has 0 atom stereocenters. The standard InChI is InChI=1S/C10H19O4Si/c1-10(9-11)7-5-6-8-15(12-2,13-3)14-4/h7H,5-6,8H2,1-4H3/b10-7+. The minimum atomic E-state index is -2.43. The summed E-state index contributed by atoms with van der Waals surface area (Å²) in [4.78, 5) is 10.2. The fourth-order valence-corrected chi connectivity index (χ4v) is 2.98. The molecule has 0 bridgehead atoms. The number of unbranched alkanes of at least 4 members (excludes halogenated alkanes) is 1. The average Bonchev–Trinajstić information content (AvgIpc) is 2.30. The summed E-state index contributed by atoms with van der Waals surface area (Å²) in [6.45, 7) is 1.74. The van der Waals surface area contributed by atoms with Crippen LogP contribution in [0.15, 0.2) is 11.6 Å². The quantitative estimate of drug-likeness (QED) is 0.362. The third kappa shape index (κ3) is 5.22. The topological polar surface area (TPSA) is 44.8 Å². The van der Waals surface area contributed by atoms with Crippen molar-refractivity contribution in [3.05, 3.63) is 11.6 Å². The van der Waals surface area contributed by atoms with Gasteiger partial charge in [0.05, 0.1) is 0 Å². The Morgan fingerprint density at radius 3 is 2.20 bits per heavy atom. The molecule has 0 aromatic heterocycles. The van der Waals surface area contributed by atoms with Crippen LogP contribution in [0.25, 0.3) is 0 Å². The van der Waals surface area contributed by atoms with Crippen molar-refractivity contribution in [3.63, 3.8) is 0 Å². The van der Waals surface area contributed by atoms with Crippen LogP contribution in [0.3, 0.4) is 0 Å². The van der Waals surface area contributed by atoms with E-state index >= 15 is 0 Å². The molecule has 0 unspecified atom stereocenters. The van der Waals surface area contributed by atoms with Crippen LogP contribution in [0.2, 0.25) is 6.04 Å². The van der Waals surface area contributed by atoms with Gasteiger partial charge in [0, 0.05) is 27.4 Å². The molecule has 0 saturated carbocycles. The first-order chi connectivity index (χ1) is 7.14. The Balaban J connectivity index is 3.96. The fraction of sp³-hybridized carbons (Fsp3) is 0.700. The molecule has 0 spiro atoms. The molecular formula is C10H19O4Si. The van der Waals surface area contributed by atoms with Gasteiger partial charge in [0.2, 0.25) is 6.29 Å². The first-order valence-corrected chi connectivity index (χ1v) is 6.77. The van der Waals surface area contributed by atoms with Crippen molar-refractivity contribution in [3.8, 4) is 0 Å². The maximum atomic E-state index is 10.2. The van der Waals surface area contributed by atoms with Crippen LogP contribution in [0.5, 0.6) is 0 Å². The molecule has 0 aliphatic rings. The van der Waals surface area contributed by atoms with E-state index in [4.69, 9.17) is 13.3 Å². The van der Waals surface area contributed by atoms with Gasteiger partial charge in [-0.3, -0.25) is 4.79 Å². The summed E-state index contributed by atoms with van der Waals surface area (Å²) < 4.78 is 15.8. The van der Waals surface area contributed by atoms with Crippen LogP contribution in [-0.2, 0) is 18.1 Å². The van der Waals surface area contributed by atoms with Crippen molar-refractivity contribution in [1.29, 1.82) is 0 Å². The Morgan fingerprint density at radius 2 is 1.80 bits per heavy atom. The number of hydrogen-bond donors (Lipinski definition) is 0. The van der Waals surface area contributed by atoms with E-state index in [1.54, 1.807) is 28.3 Å². The van der Waals surface area contributed by atoms with Gasteiger partial charge in [0.25, 0.3) is 0 Å². The Bertz CT molecular complexity index is 203. The molecule has 0 fully saturated rings. The van der Waals surface area contributed by atoms with Crippen molar-refractivity contribution in [2.24, 2.45) is 0 Å². The zero-order valence-corrected chi connectivity index (χ0v) is 10.8. The summed E-state index contributed by atoms with van der Waals surface area (Å²) in [5.41, 5.74) is 0.634. The number of carbonyl (C=O) groups excluding carboxylic acids is 1. The minimum Gasteiger partial charge on any atom is -0.377 e. The van der Waals surface area contributed by atoms with Crippen LogP contribution in [0.4, 0.5) is 0 Å². The van der Waals surface area contributed by atoms with Gasteiger partial charge in [-0.25, -0.2) is 0 Å². The van der Waals surface area contributed by atoms with E-state index in [2.05, 4.69) is 0 Å². The molecule has 0 saturated heterocycles. The van der Waals surface area contributed by atoms with E-state index in [0.29, 0.717) is 5.57 Å². The normalized spacial score (nSPS) is 12.9.